The number of carboxylic acid groups (broad SMARTS) is 1. The zero-order chi connectivity index (χ0) is 10.0. The average Bonchev–Trinajstić information content (AvgIpc) is 1.98. The summed E-state index contributed by atoms with van der Waals surface area (Å²) in [6.07, 6.45) is 1.35. The van der Waals surface area contributed by atoms with Crippen molar-refractivity contribution in [3.8, 4) is 0 Å². The minimum atomic E-state index is -1.00. The van der Waals surface area contributed by atoms with E-state index in [0.29, 0.717) is 4.47 Å². The number of carbonyl (C=O) groups is 1. The van der Waals surface area contributed by atoms with Gasteiger partial charge in [-0.15, -0.1) is 0 Å². The number of carboxylic acids is 1. The molecule has 0 aliphatic heterocycles. The zero-order valence-electron chi connectivity index (χ0n) is 6.95. The van der Waals surface area contributed by atoms with Crippen LogP contribution in [0.2, 0.25) is 0 Å². The number of nitrogens with zero attached hydrogens (tertiary/aromatic N) is 1. The second-order valence-electron chi connectivity index (χ2n) is 2.67. The first-order valence-electron chi connectivity index (χ1n) is 3.57. The Bertz CT molecular complexity index is 397. The number of aliphatic carboxylic acids is 1. The average molecular weight is 246 g/mol. The smallest absolute Gasteiger partial charge is 0.308 e. The van der Waals surface area contributed by atoms with Gasteiger partial charge in [0.05, 0.1) is 6.42 Å². The topological polar surface area (TPSA) is 59.3 Å². The molecule has 0 aliphatic carbocycles. The lowest BCUT2D eigenvalue weighted by molar-refractivity contribution is -0.136. The molecular formula is C8H8BrNO3. The lowest BCUT2D eigenvalue weighted by atomic mass is 10.2. The van der Waals surface area contributed by atoms with Gasteiger partial charge in [0, 0.05) is 23.3 Å². The van der Waals surface area contributed by atoms with Gasteiger partial charge in [-0.05, 0) is 22.0 Å². The number of hydrogen-bond donors (Lipinski definition) is 1. The van der Waals surface area contributed by atoms with Crippen LogP contribution in [0.15, 0.2) is 21.5 Å². The maximum atomic E-state index is 11.3. The highest BCUT2D eigenvalue weighted by atomic mass is 79.9. The summed E-state index contributed by atoms with van der Waals surface area (Å²) in [6, 6.07) is 1.52. The fraction of sp³-hybridized carbons (Fsp3) is 0.250. The normalized spacial score (nSPS) is 10.0. The summed E-state index contributed by atoms with van der Waals surface area (Å²) < 4.78 is 2.05. The Hall–Kier alpha value is -1.10. The molecule has 1 aromatic heterocycles. The standard InChI is InChI=1S/C8H8BrNO3/c1-10-4-6(9)2-5(8(10)13)3-7(11)12/h2,4H,3H2,1H3,(H,11,12). The van der Waals surface area contributed by atoms with E-state index >= 15 is 0 Å². The Morgan fingerprint density at radius 2 is 2.31 bits per heavy atom. The molecule has 4 nitrogen and oxygen atoms in total. The predicted octanol–water partition coefficient (Wildman–Crippen LogP) is 0.775. The number of halogens is 1. The summed E-state index contributed by atoms with van der Waals surface area (Å²) in [4.78, 5) is 21.7. The molecule has 0 aliphatic rings. The molecule has 0 unspecified atom stereocenters. The predicted molar refractivity (Wildman–Crippen MR) is 50.7 cm³/mol. The maximum Gasteiger partial charge on any atom is 0.308 e. The van der Waals surface area contributed by atoms with E-state index in [2.05, 4.69) is 15.9 Å². The molecule has 0 bridgehead atoms. The van der Waals surface area contributed by atoms with E-state index in [9.17, 15) is 9.59 Å². The van der Waals surface area contributed by atoms with Crippen molar-refractivity contribution >= 4 is 21.9 Å². The molecule has 0 amide bonds. The van der Waals surface area contributed by atoms with Crippen LogP contribution in [0, 0.1) is 0 Å². The fourth-order valence-electron chi connectivity index (χ4n) is 1.03. The number of hydrogen-bond acceptors (Lipinski definition) is 2. The molecule has 0 saturated carbocycles. The van der Waals surface area contributed by atoms with Gasteiger partial charge in [0.1, 0.15) is 0 Å². The first-order chi connectivity index (χ1) is 6.00. The van der Waals surface area contributed by atoms with E-state index < -0.39 is 5.97 Å². The van der Waals surface area contributed by atoms with Crippen molar-refractivity contribution in [3.63, 3.8) is 0 Å². The van der Waals surface area contributed by atoms with Gasteiger partial charge in [-0.3, -0.25) is 9.59 Å². The lowest BCUT2D eigenvalue weighted by Crippen LogP contribution is -2.22. The summed E-state index contributed by atoms with van der Waals surface area (Å²) >= 11 is 3.18. The van der Waals surface area contributed by atoms with Crippen LogP contribution >= 0.6 is 15.9 Å². The first kappa shape index (κ1) is 9.98. The molecular weight excluding hydrogens is 238 g/mol. The molecule has 1 aromatic rings. The molecule has 0 spiro atoms. The van der Waals surface area contributed by atoms with Gasteiger partial charge in [0.15, 0.2) is 0 Å². The van der Waals surface area contributed by atoms with Crippen molar-refractivity contribution in [2.75, 3.05) is 0 Å². The van der Waals surface area contributed by atoms with Gasteiger partial charge < -0.3 is 9.67 Å². The van der Waals surface area contributed by atoms with Crippen molar-refractivity contribution < 1.29 is 9.90 Å². The third kappa shape index (κ3) is 2.42. The first-order valence-corrected chi connectivity index (χ1v) is 4.37. The van der Waals surface area contributed by atoms with E-state index in [1.54, 1.807) is 13.2 Å². The molecule has 0 aromatic carbocycles. The summed E-state index contributed by atoms with van der Waals surface area (Å²) in [7, 11) is 1.58. The molecule has 0 saturated heterocycles. The van der Waals surface area contributed by atoms with Gasteiger partial charge in [0.25, 0.3) is 5.56 Å². The molecule has 0 fully saturated rings. The second-order valence-corrected chi connectivity index (χ2v) is 3.59. The molecule has 1 N–H and O–H groups in total. The van der Waals surface area contributed by atoms with Gasteiger partial charge in [-0.1, -0.05) is 0 Å². The molecule has 70 valence electrons. The lowest BCUT2D eigenvalue weighted by Gasteiger charge is -2.01. The Labute approximate surface area is 82.9 Å². The maximum absolute atomic E-state index is 11.3. The monoisotopic (exact) mass is 245 g/mol. The van der Waals surface area contributed by atoms with Crippen molar-refractivity contribution in [2.24, 2.45) is 7.05 Å². The Balaban J connectivity index is 3.21. The molecule has 1 heterocycles. The summed E-state index contributed by atoms with van der Waals surface area (Å²) in [5, 5.41) is 8.51. The highest BCUT2D eigenvalue weighted by Crippen LogP contribution is 2.08. The third-order valence-electron chi connectivity index (χ3n) is 1.57. The van der Waals surface area contributed by atoms with Crippen molar-refractivity contribution in [2.45, 2.75) is 6.42 Å². The van der Waals surface area contributed by atoms with Gasteiger partial charge in [-0.25, -0.2) is 0 Å². The number of aromatic nitrogens is 1. The Morgan fingerprint density at radius 3 is 2.85 bits per heavy atom. The van der Waals surface area contributed by atoms with E-state index in [1.165, 1.54) is 10.6 Å². The highest BCUT2D eigenvalue weighted by Gasteiger charge is 2.07. The number of rotatable bonds is 2. The summed E-state index contributed by atoms with van der Waals surface area (Å²) in [5.74, 6) is -1.00. The molecule has 5 heteroatoms. The summed E-state index contributed by atoms with van der Waals surface area (Å²) in [5.41, 5.74) is 0.00924. The minimum absolute atomic E-state index is 0.244. The van der Waals surface area contributed by atoms with Crippen molar-refractivity contribution in [1.29, 1.82) is 0 Å². The van der Waals surface area contributed by atoms with Gasteiger partial charge in [-0.2, -0.15) is 0 Å². The van der Waals surface area contributed by atoms with Crippen LogP contribution in [0.1, 0.15) is 5.56 Å². The second kappa shape index (κ2) is 3.74. The highest BCUT2D eigenvalue weighted by molar-refractivity contribution is 9.10. The van der Waals surface area contributed by atoms with E-state index in [1.807, 2.05) is 0 Å². The molecule has 0 atom stereocenters. The zero-order valence-corrected chi connectivity index (χ0v) is 8.54. The van der Waals surface area contributed by atoms with Crippen LogP contribution in [0.25, 0.3) is 0 Å². The SMILES string of the molecule is Cn1cc(Br)cc(CC(=O)O)c1=O. The quantitative estimate of drug-likeness (QED) is 0.838. The van der Waals surface area contributed by atoms with Gasteiger partial charge in [0.2, 0.25) is 0 Å². The largest absolute Gasteiger partial charge is 0.481 e. The van der Waals surface area contributed by atoms with E-state index in [0.717, 1.165) is 0 Å². The molecule has 1 rings (SSSR count). The van der Waals surface area contributed by atoms with Crippen LogP contribution in [0.4, 0.5) is 0 Å². The van der Waals surface area contributed by atoms with E-state index in [4.69, 9.17) is 5.11 Å². The Kier molecular flexibility index (Phi) is 2.87. The Morgan fingerprint density at radius 1 is 1.69 bits per heavy atom. The van der Waals surface area contributed by atoms with Gasteiger partial charge >= 0.3 is 5.97 Å². The number of aryl methyl sites for hydroxylation is 1. The minimum Gasteiger partial charge on any atom is -0.481 e. The summed E-state index contributed by atoms with van der Waals surface area (Å²) in [6.45, 7) is 0. The van der Waals surface area contributed by atoms with Crippen molar-refractivity contribution in [3.05, 3.63) is 32.7 Å². The fourth-order valence-corrected chi connectivity index (χ4v) is 1.61. The molecule has 0 radical (unpaired) electrons. The van der Waals surface area contributed by atoms with Crippen LogP contribution in [0.3, 0.4) is 0 Å². The molecule has 13 heavy (non-hydrogen) atoms. The van der Waals surface area contributed by atoms with Crippen LogP contribution in [-0.4, -0.2) is 15.6 Å². The van der Waals surface area contributed by atoms with Crippen LogP contribution < -0.4 is 5.56 Å². The third-order valence-corrected chi connectivity index (χ3v) is 2.00. The van der Waals surface area contributed by atoms with Crippen molar-refractivity contribution in [1.82, 2.24) is 4.57 Å². The number of pyridine rings is 1. The van der Waals surface area contributed by atoms with Crippen LogP contribution in [-0.2, 0) is 18.3 Å². The van der Waals surface area contributed by atoms with E-state index in [-0.39, 0.29) is 17.5 Å². The van der Waals surface area contributed by atoms with Crippen LogP contribution in [0.5, 0.6) is 0 Å².